The summed E-state index contributed by atoms with van der Waals surface area (Å²) in [5.41, 5.74) is 2.41. The molecule has 0 radical (unpaired) electrons. The second-order valence-corrected chi connectivity index (χ2v) is 10.4. The van der Waals surface area contributed by atoms with E-state index in [1.54, 1.807) is 49.4 Å². The third-order valence-corrected chi connectivity index (χ3v) is 7.35. The van der Waals surface area contributed by atoms with Crippen molar-refractivity contribution in [3.63, 3.8) is 0 Å². The van der Waals surface area contributed by atoms with Gasteiger partial charge in [0.05, 0.1) is 21.2 Å². The van der Waals surface area contributed by atoms with Gasteiger partial charge in [-0.15, -0.1) is 0 Å². The van der Waals surface area contributed by atoms with Crippen molar-refractivity contribution in [2.24, 2.45) is 0 Å². The van der Waals surface area contributed by atoms with E-state index < -0.39 is 11.8 Å². The van der Waals surface area contributed by atoms with Gasteiger partial charge in [0.15, 0.2) is 11.6 Å². The molecule has 0 unspecified atom stereocenters. The molecule has 2 heterocycles. The summed E-state index contributed by atoms with van der Waals surface area (Å²) in [6.45, 7) is 1.82. The molecule has 0 bridgehead atoms. The van der Waals surface area contributed by atoms with E-state index in [1.165, 1.54) is 18.3 Å². The highest BCUT2D eigenvalue weighted by molar-refractivity contribution is 6.39. The number of carboxylic acids is 1. The van der Waals surface area contributed by atoms with Crippen molar-refractivity contribution in [2.75, 3.05) is 0 Å². The smallest absolute Gasteiger partial charge is 0.337 e. The molecular formula is C30H21Cl2FN2O5. The molecule has 5 aromatic rings. The van der Waals surface area contributed by atoms with Crippen LogP contribution in [0.4, 0.5) is 4.39 Å². The third kappa shape index (κ3) is 4.96. The molecule has 0 spiro atoms. The number of hydrogen-bond acceptors (Lipinski definition) is 6. The molecule has 6 rings (SSSR count). The van der Waals surface area contributed by atoms with Crippen molar-refractivity contribution in [1.82, 2.24) is 10.1 Å². The summed E-state index contributed by atoms with van der Waals surface area (Å²) in [4.78, 5) is 15.3. The lowest BCUT2D eigenvalue weighted by molar-refractivity contribution is 0.0696. The molecule has 1 saturated carbocycles. The molecule has 1 fully saturated rings. The second-order valence-electron chi connectivity index (χ2n) is 9.55. The number of benzene rings is 3. The Morgan fingerprint density at radius 2 is 1.90 bits per heavy atom. The van der Waals surface area contributed by atoms with Gasteiger partial charge in [0.2, 0.25) is 5.88 Å². The molecule has 202 valence electrons. The second kappa shape index (κ2) is 10.4. The zero-order valence-electron chi connectivity index (χ0n) is 21.1. The summed E-state index contributed by atoms with van der Waals surface area (Å²) in [5.74, 6) is -0.00305. The molecule has 1 N–H and O–H groups in total. The monoisotopic (exact) mass is 578 g/mol. The van der Waals surface area contributed by atoms with E-state index in [0.717, 1.165) is 24.2 Å². The Hall–Kier alpha value is -4.14. The van der Waals surface area contributed by atoms with Crippen molar-refractivity contribution < 1.29 is 28.3 Å². The maximum Gasteiger partial charge on any atom is 0.337 e. The molecule has 1 aliphatic carbocycles. The average molecular weight is 579 g/mol. The largest absolute Gasteiger partial charge is 0.489 e. The van der Waals surface area contributed by atoms with Gasteiger partial charge in [-0.3, -0.25) is 0 Å². The Morgan fingerprint density at radius 1 is 1.12 bits per heavy atom. The summed E-state index contributed by atoms with van der Waals surface area (Å²) >= 11 is 12.9. The van der Waals surface area contributed by atoms with Gasteiger partial charge in [0.25, 0.3) is 0 Å². The number of carboxylic acid groups (broad SMARTS) is 1. The zero-order valence-corrected chi connectivity index (χ0v) is 22.6. The number of nitrogens with zero attached hydrogens (tertiary/aromatic N) is 2. The van der Waals surface area contributed by atoms with E-state index in [9.17, 15) is 14.3 Å². The van der Waals surface area contributed by atoms with Gasteiger partial charge in [0, 0.05) is 28.6 Å². The number of carbonyl (C=O) groups is 1. The predicted molar refractivity (Wildman–Crippen MR) is 148 cm³/mol. The minimum atomic E-state index is -1.11. The van der Waals surface area contributed by atoms with E-state index in [4.69, 9.17) is 37.2 Å². The SMILES string of the molecule is Cc1cc(C(=O)O)cnc1Oc1c(F)ccc2cc(OCc3c(-c4c(Cl)cccc4Cl)noc3C3CC3)ccc12. The Morgan fingerprint density at radius 3 is 2.60 bits per heavy atom. The van der Waals surface area contributed by atoms with Gasteiger partial charge in [-0.05, 0) is 67.6 Å². The molecule has 0 saturated heterocycles. The first-order chi connectivity index (χ1) is 19.3. The van der Waals surface area contributed by atoms with Crippen LogP contribution in [0.1, 0.15) is 46.0 Å². The number of aryl methyl sites for hydroxylation is 1. The van der Waals surface area contributed by atoms with Gasteiger partial charge >= 0.3 is 5.97 Å². The summed E-state index contributed by atoms with van der Waals surface area (Å²) in [6, 6.07) is 14.8. The molecular weight excluding hydrogens is 558 g/mol. The van der Waals surface area contributed by atoms with Gasteiger partial charge < -0.3 is 19.1 Å². The van der Waals surface area contributed by atoms with Gasteiger partial charge in [-0.2, -0.15) is 0 Å². The molecule has 0 aliphatic heterocycles. The Balaban J connectivity index is 1.30. The third-order valence-electron chi connectivity index (χ3n) is 6.72. The lowest BCUT2D eigenvalue weighted by Crippen LogP contribution is -2.01. The first-order valence-electron chi connectivity index (χ1n) is 12.5. The van der Waals surface area contributed by atoms with E-state index in [1.807, 2.05) is 0 Å². The molecule has 40 heavy (non-hydrogen) atoms. The average Bonchev–Trinajstić information content (AvgIpc) is 3.69. The van der Waals surface area contributed by atoms with Crippen LogP contribution >= 0.6 is 23.2 Å². The lowest BCUT2D eigenvalue weighted by atomic mass is 10.0. The first-order valence-corrected chi connectivity index (χ1v) is 13.2. The molecule has 3 aromatic carbocycles. The number of rotatable bonds is 8. The van der Waals surface area contributed by atoms with Gasteiger partial charge in [-0.25, -0.2) is 14.2 Å². The van der Waals surface area contributed by atoms with E-state index in [-0.39, 0.29) is 29.7 Å². The summed E-state index contributed by atoms with van der Waals surface area (Å²) < 4.78 is 32.6. The fraction of sp³-hybridized carbons (Fsp3) is 0.167. The highest BCUT2D eigenvalue weighted by atomic mass is 35.5. The Labute approximate surface area is 238 Å². The van der Waals surface area contributed by atoms with Crippen molar-refractivity contribution in [2.45, 2.75) is 32.3 Å². The zero-order chi connectivity index (χ0) is 28.0. The van der Waals surface area contributed by atoms with Crippen LogP contribution in [0.15, 0.2) is 65.3 Å². The van der Waals surface area contributed by atoms with Crippen molar-refractivity contribution in [1.29, 1.82) is 0 Å². The maximum absolute atomic E-state index is 14.9. The number of aromatic carboxylic acids is 1. The van der Waals surface area contributed by atoms with Gasteiger partial charge in [0.1, 0.15) is 23.8 Å². The van der Waals surface area contributed by atoms with Gasteiger partial charge in [-0.1, -0.05) is 40.5 Å². The molecule has 1 aliphatic rings. The minimum absolute atomic E-state index is 0.0164. The predicted octanol–water partition coefficient (Wildman–Crippen LogP) is 8.59. The highest BCUT2D eigenvalue weighted by Gasteiger charge is 2.33. The van der Waals surface area contributed by atoms with Crippen LogP contribution in [-0.4, -0.2) is 21.2 Å². The van der Waals surface area contributed by atoms with Crippen LogP contribution in [0.2, 0.25) is 10.0 Å². The molecule has 7 nitrogen and oxygen atoms in total. The number of fused-ring (bicyclic) bond motifs is 1. The molecule has 10 heteroatoms. The van der Waals surface area contributed by atoms with E-state index in [0.29, 0.717) is 43.4 Å². The van der Waals surface area contributed by atoms with E-state index in [2.05, 4.69) is 10.1 Å². The van der Waals surface area contributed by atoms with Crippen molar-refractivity contribution in [3.8, 4) is 28.6 Å². The van der Waals surface area contributed by atoms with E-state index >= 15 is 0 Å². The fourth-order valence-electron chi connectivity index (χ4n) is 4.53. The number of halogens is 3. The topological polar surface area (TPSA) is 94.7 Å². The molecule has 2 aromatic heterocycles. The number of pyridine rings is 1. The quantitative estimate of drug-likeness (QED) is 0.197. The number of aromatic nitrogens is 2. The maximum atomic E-state index is 14.9. The lowest BCUT2D eigenvalue weighted by Gasteiger charge is -2.13. The number of ether oxygens (including phenoxy) is 2. The van der Waals surface area contributed by atoms with Crippen molar-refractivity contribution in [3.05, 3.63) is 99.1 Å². The Kier molecular flexibility index (Phi) is 6.82. The number of hydrogen-bond donors (Lipinski definition) is 1. The summed E-state index contributed by atoms with van der Waals surface area (Å²) in [5, 5.41) is 15.6. The summed E-state index contributed by atoms with van der Waals surface area (Å²) in [7, 11) is 0. The Bertz CT molecular complexity index is 1760. The normalized spacial score (nSPS) is 13.0. The van der Waals surface area contributed by atoms with Crippen molar-refractivity contribution >= 4 is 39.9 Å². The van der Waals surface area contributed by atoms with Crippen LogP contribution in [0.5, 0.6) is 17.4 Å². The standard InChI is InChI=1S/C30H21Cl2FN2O5/c1-15-11-18(30(36)37)13-34-29(15)39-28-20-9-8-19(12-17(20)7-10-24(28)33)38-14-21-26(35-40-27(21)16-5-6-16)25-22(31)3-2-4-23(25)32/h2-4,7-13,16H,5-6,14H2,1H3,(H,36,37). The molecule has 0 atom stereocenters. The van der Waals surface area contributed by atoms with Crippen LogP contribution in [0.3, 0.4) is 0 Å². The van der Waals surface area contributed by atoms with Crippen LogP contribution in [-0.2, 0) is 6.61 Å². The summed E-state index contributed by atoms with van der Waals surface area (Å²) in [6.07, 6.45) is 3.19. The first kappa shape index (κ1) is 26.1. The van der Waals surface area contributed by atoms with Crippen LogP contribution < -0.4 is 9.47 Å². The fourth-order valence-corrected chi connectivity index (χ4v) is 5.11. The van der Waals surface area contributed by atoms with Crippen LogP contribution in [0.25, 0.3) is 22.0 Å². The van der Waals surface area contributed by atoms with Crippen LogP contribution in [0, 0.1) is 12.7 Å². The molecule has 0 amide bonds. The minimum Gasteiger partial charge on any atom is -0.489 e. The highest BCUT2D eigenvalue weighted by Crippen LogP contribution is 2.46.